The molecule has 0 saturated carbocycles. The number of urea groups is 1. The highest BCUT2D eigenvalue weighted by atomic mass is 79.9. The average molecular weight is 463 g/mol. The Morgan fingerprint density at radius 1 is 1.14 bits per heavy atom. The lowest BCUT2D eigenvalue weighted by atomic mass is 9.92. The Labute approximate surface area is 180 Å². The monoisotopic (exact) mass is 462 g/mol. The van der Waals surface area contributed by atoms with E-state index in [9.17, 15) is 9.90 Å². The predicted molar refractivity (Wildman–Crippen MR) is 117 cm³/mol. The van der Waals surface area contributed by atoms with Gasteiger partial charge in [-0.25, -0.2) is 4.79 Å². The number of ether oxygens (including phenoxy) is 2. The zero-order chi connectivity index (χ0) is 21.2. The van der Waals surface area contributed by atoms with Crippen molar-refractivity contribution in [2.45, 2.75) is 31.9 Å². The molecule has 1 aliphatic rings. The molecular weight excluding hydrogens is 436 g/mol. The number of halogens is 1. The van der Waals surface area contributed by atoms with Gasteiger partial charge in [0.2, 0.25) is 0 Å². The second kappa shape index (κ2) is 8.63. The number of carbonyl (C=O) groups is 1. The maximum absolute atomic E-state index is 13.3. The van der Waals surface area contributed by atoms with Crippen molar-refractivity contribution >= 4 is 27.6 Å². The number of hydrogen-bond donors (Lipinski definition) is 1. The zero-order valence-electron chi connectivity index (χ0n) is 17.2. The van der Waals surface area contributed by atoms with Gasteiger partial charge in [-0.2, -0.15) is 0 Å². The first-order valence-corrected chi connectivity index (χ1v) is 10.3. The predicted octanol–water partition coefficient (Wildman–Crippen LogP) is 4.61. The number of methoxy groups -OCH3 is 2. The van der Waals surface area contributed by atoms with Crippen LogP contribution in [-0.4, -0.2) is 48.9 Å². The van der Waals surface area contributed by atoms with Crippen molar-refractivity contribution in [3.05, 3.63) is 52.5 Å². The van der Waals surface area contributed by atoms with Gasteiger partial charge in [0.05, 0.1) is 30.3 Å². The van der Waals surface area contributed by atoms with Gasteiger partial charge in [0.15, 0.2) is 0 Å². The molecule has 0 aromatic heterocycles. The first kappa shape index (κ1) is 21.5. The molecule has 2 aromatic carbocycles. The fourth-order valence-electron chi connectivity index (χ4n) is 3.63. The highest BCUT2D eigenvalue weighted by Crippen LogP contribution is 2.36. The fourth-order valence-corrected chi connectivity index (χ4v) is 4.04. The molecule has 1 saturated heterocycles. The van der Waals surface area contributed by atoms with E-state index in [1.54, 1.807) is 33.0 Å². The summed E-state index contributed by atoms with van der Waals surface area (Å²) in [4.78, 5) is 16.9. The third-order valence-electron chi connectivity index (χ3n) is 5.04. The molecule has 0 radical (unpaired) electrons. The van der Waals surface area contributed by atoms with Gasteiger partial charge in [0.1, 0.15) is 11.5 Å². The molecule has 0 bridgehead atoms. The van der Waals surface area contributed by atoms with Crippen molar-refractivity contribution in [1.82, 2.24) is 4.90 Å². The molecule has 0 aliphatic carbocycles. The third-order valence-corrected chi connectivity index (χ3v) is 5.69. The average Bonchev–Trinajstić information content (AvgIpc) is 3.07. The number of nitrogens with zero attached hydrogens (tertiary/aromatic N) is 2. The maximum Gasteiger partial charge on any atom is 0.325 e. The van der Waals surface area contributed by atoms with Crippen molar-refractivity contribution in [2.75, 3.05) is 32.2 Å². The minimum absolute atomic E-state index is 0.0913. The van der Waals surface area contributed by atoms with Gasteiger partial charge in [0, 0.05) is 31.3 Å². The molecule has 29 heavy (non-hydrogen) atoms. The molecule has 2 aromatic rings. The van der Waals surface area contributed by atoms with E-state index >= 15 is 0 Å². The molecule has 1 fully saturated rings. The lowest BCUT2D eigenvalue weighted by molar-refractivity contribution is 0.0441. The van der Waals surface area contributed by atoms with Crippen LogP contribution in [0.3, 0.4) is 0 Å². The number of rotatable bonds is 7. The Morgan fingerprint density at radius 2 is 1.90 bits per heavy atom. The van der Waals surface area contributed by atoms with E-state index in [1.165, 1.54) is 0 Å². The normalized spacial score (nSPS) is 15.6. The first-order valence-electron chi connectivity index (χ1n) is 9.51. The van der Waals surface area contributed by atoms with Crippen molar-refractivity contribution in [3.63, 3.8) is 0 Å². The second-order valence-corrected chi connectivity index (χ2v) is 8.61. The van der Waals surface area contributed by atoms with Crippen LogP contribution in [0.5, 0.6) is 11.5 Å². The Balaban J connectivity index is 1.92. The number of carbonyl (C=O) groups excluding carboxylic acids is 1. The highest BCUT2D eigenvalue weighted by molar-refractivity contribution is 9.10. The van der Waals surface area contributed by atoms with E-state index in [4.69, 9.17) is 9.47 Å². The minimum Gasteiger partial charge on any atom is -0.497 e. The molecule has 6 nitrogen and oxygen atoms in total. The van der Waals surface area contributed by atoms with Crippen molar-refractivity contribution in [2.24, 2.45) is 0 Å². The minimum atomic E-state index is -0.928. The quantitative estimate of drug-likeness (QED) is 0.652. The van der Waals surface area contributed by atoms with Crippen LogP contribution in [-0.2, 0) is 0 Å². The van der Waals surface area contributed by atoms with Gasteiger partial charge in [-0.3, -0.25) is 4.90 Å². The Bertz CT molecular complexity index is 881. The van der Waals surface area contributed by atoms with Gasteiger partial charge < -0.3 is 19.5 Å². The van der Waals surface area contributed by atoms with Gasteiger partial charge in [0.25, 0.3) is 0 Å². The summed E-state index contributed by atoms with van der Waals surface area (Å²) < 4.78 is 11.6. The molecule has 1 N–H and O–H groups in total. The standard InChI is InChI=1S/C22H27BrN2O4/c1-22(2,27)14-19(15-6-5-7-17(12-15)28-3)25-11-10-24(21(25)26)16-8-9-18(23)20(13-16)29-4/h5-9,12-13,19,27H,10-11,14H2,1-4H3. The van der Waals surface area contributed by atoms with Crippen molar-refractivity contribution in [1.29, 1.82) is 0 Å². The number of aliphatic hydroxyl groups is 1. The van der Waals surface area contributed by atoms with Crippen LogP contribution in [0, 0.1) is 0 Å². The van der Waals surface area contributed by atoms with Gasteiger partial charge >= 0.3 is 6.03 Å². The molecule has 1 atom stereocenters. The zero-order valence-corrected chi connectivity index (χ0v) is 18.8. The molecule has 0 spiro atoms. The molecule has 3 rings (SSSR count). The molecular formula is C22H27BrN2O4. The number of amides is 2. The van der Waals surface area contributed by atoms with Crippen LogP contribution >= 0.6 is 15.9 Å². The van der Waals surface area contributed by atoms with E-state index in [2.05, 4.69) is 15.9 Å². The summed E-state index contributed by atoms with van der Waals surface area (Å²) in [6, 6.07) is 12.9. The lowest BCUT2D eigenvalue weighted by Crippen LogP contribution is -2.38. The summed E-state index contributed by atoms with van der Waals surface area (Å²) in [5.41, 5.74) is 0.794. The molecule has 7 heteroatoms. The summed E-state index contributed by atoms with van der Waals surface area (Å²) in [6.07, 6.45) is 0.420. The van der Waals surface area contributed by atoms with Gasteiger partial charge in [-0.1, -0.05) is 12.1 Å². The molecule has 1 aliphatic heterocycles. The number of benzene rings is 2. The molecule has 156 valence electrons. The van der Waals surface area contributed by atoms with Crippen LogP contribution in [0.25, 0.3) is 0 Å². The Morgan fingerprint density at radius 3 is 2.55 bits per heavy atom. The fraction of sp³-hybridized carbons (Fsp3) is 0.409. The summed E-state index contributed by atoms with van der Waals surface area (Å²) in [5, 5.41) is 10.5. The number of hydrogen-bond acceptors (Lipinski definition) is 4. The Kier molecular flexibility index (Phi) is 6.39. The summed E-state index contributed by atoms with van der Waals surface area (Å²) >= 11 is 3.45. The topological polar surface area (TPSA) is 62.2 Å². The largest absolute Gasteiger partial charge is 0.497 e. The molecule has 1 unspecified atom stereocenters. The van der Waals surface area contributed by atoms with Crippen LogP contribution in [0.15, 0.2) is 46.9 Å². The smallest absolute Gasteiger partial charge is 0.325 e. The van der Waals surface area contributed by atoms with E-state index in [0.29, 0.717) is 25.3 Å². The number of anilines is 1. The van der Waals surface area contributed by atoms with E-state index < -0.39 is 5.60 Å². The van der Waals surface area contributed by atoms with E-state index in [1.807, 2.05) is 47.4 Å². The molecule has 1 heterocycles. The lowest BCUT2D eigenvalue weighted by Gasteiger charge is -2.33. The Hall–Kier alpha value is -2.25. The van der Waals surface area contributed by atoms with E-state index in [0.717, 1.165) is 21.5 Å². The van der Waals surface area contributed by atoms with Crippen LogP contribution in [0.1, 0.15) is 31.9 Å². The van der Waals surface area contributed by atoms with Crippen LogP contribution in [0.4, 0.5) is 10.5 Å². The van der Waals surface area contributed by atoms with Crippen LogP contribution in [0.2, 0.25) is 0 Å². The highest BCUT2D eigenvalue weighted by Gasteiger charge is 2.37. The summed E-state index contributed by atoms with van der Waals surface area (Å²) in [6.45, 7) is 4.65. The van der Waals surface area contributed by atoms with Gasteiger partial charge in [-0.05, 0) is 59.6 Å². The van der Waals surface area contributed by atoms with Gasteiger partial charge in [-0.15, -0.1) is 0 Å². The summed E-state index contributed by atoms with van der Waals surface area (Å²) in [7, 11) is 3.22. The molecule has 2 amide bonds. The van der Waals surface area contributed by atoms with E-state index in [-0.39, 0.29) is 12.1 Å². The summed E-state index contributed by atoms with van der Waals surface area (Å²) in [5.74, 6) is 1.40. The maximum atomic E-state index is 13.3. The first-order chi connectivity index (χ1) is 13.7. The third kappa shape index (κ3) is 4.85. The SMILES string of the molecule is COc1cccc(C(CC(C)(C)O)N2CCN(c3ccc(Br)c(OC)c3)C2=O)c1. The van der Waals surface area contributed by atoms with Crippen molar-refractivity contribution in [3.8, 4) is 11.5 Å². The van der Waals surface area contributed by atoms with Crippen molar-refractivity contribution < 1.29 is 19.4 Å². The second-order valence-electron chi connectivity index (χ2n) is 7.76. The van der Waals surface area contributed by atoms with Crippen LogP contribution < -0.4 is 14.4 Å².